The molecule has 2 aromatic carbocycles. The number of carbonyl (C=O) groups is 2. The van der Waals surface area contributed by atoms with Crippen LogP contribution in [0.15, 0.2) is 34.8 Å². The zero-order valence-electron chi connectivity index (χ0n) is 9.44. The van der Waals surface area contributed by atoms with E-state index in [0.29, 0.717) is 0 Å². The number of benzene rings is 2. The Morgan fingerprint density at radius 1 is 1.11 bits per heavy atom. The smallest absolute Gasteiger partial charge is 0.338 e. The number of carboxylic acid groups (broad SMARTS) is 1. The second kappa shape index (κ2) is 4.78. The topological polar surface area (TPSA) is 63.6 Å². The average Bonchev–Trinajstić information content (AvgIpc) is 2.36. The Balaban J connectivity index is 2.76. The van der Waals surface area contributed by atoms with E-state index in [1.54, 1.807) is 12.1 Å². The van der Waals surface area contributed by atoms with E-state index in [1.807, 2.05) is 6.07 Å². The van der Waals surface area contributed by atoms with Crippen LogP contribution < -0.4 is 0 Å². The van der Waals surface area contributed by atoms with E-state index < -0.39 is 11.9 Å². The van der Waals surface area contributed by atoms with Crippen LogP contribution in [0.25, 0.3) is 10.8 Å². The molecule has 18 heavy (non-hydrogen) atoms. The SMILES string of the molecule is COC(=O)c1cc2ccc(Br)cc2cc1C(=O)O. The molecule has 0 aliphatic heterocycles. The number of rotatable bonds is 2. The quantitative estimate of drug-likeness (QED) is 0.866. The molecular weight excluding hydrogens is 300 g/mol. The number of hydrogen-bond acceptors (Lipinski definition) is 3. The highest BCUT2D eigenvalue weighted by Gasteiger charge is 2.18. The Hall–Kier alpha value is -1.88. The lowest BCUT2D eigenvalue weighted by Gasteiger charge is -2.07. The minimum Gasteiger partial charge on any atom is -0.478 e. The van der Waals surface area contributed by atoms with Gasteiger partial charge in [0.2, 0.25) is 0 Å². The van der Waals surface area contributed by atoms with Gasteiger partial charge in [0.15, 0.2) is 0 Å². The maximum atomic E-state index is 11.6. The molecule has 5 heteroatoms. The van der Waals surface area contributed by atoms with E-state index in [1.165, 1.54) is 19.2 Å². The van der Waals surface area contributed by atoms with Crippen LogP contribution in [0.2, 0.25) is 0 Å². The van der Waals surface area contributed by atoms with Crippen LogP contribution >= 0.6 is 15.9 Å². The Kier molecular flexibility index (Phi) is 3.34. The molecule has 0 heterocycles. The van der Waals surface area contributed by atoms with Gasteiger partial charge in [-0.2, -0.15) is 0 Å². The molecule has 0 fully saturated rings. The van der Waals surface area contributed by atoms with Gasteiger partial charge in [0.1, 0.15) is 0 Å². The van der Waals surface area contributed by atoms with Crippen molar-refractivity contribution in [3.8, 4) is 0 Å². The van der Waals surface area contributed by atoms with E-state index in [-0.39, 0.29) is 11.1 Å². The summed E-state index contributed by atoms with van der Waals surface area (Å²) in [5.74, 6) is -1.81. The summed E-state index contributed by atoms with van der Waals surface area (Å²) >= 11 is 3.32. The standard InChI is InChI=1S/C13H9BrO4/c1-18-13(17)11-5-7-2-3-9(14)4-8(7)6-10(11)12(15)16/h2-6H,1H3,(H,15,16). The molecule has 0 bridgehead atoms. The van der Waals surface area contributed by atoms with Crippen LogP contribution in [0.1, 0.15) is 20.7 Å². The third kappa shape index (κ3) is 2.22. The summed E-state index contributed by atoms with van der Waals surface area (Å²) in [7, 11) is 1.22. The average molecular weight is 309 g/mol. The predicted molar refractivity (Wildman–Crippen MR) is 69.9 cm³/mol. The first-order valence-electron chi connectivity index (χ1n) is 5.08. The number of carbonyl (C=O) groups excluding carboxylic acids is 1. The molecule has 0 saturated heterocycles. The minimum absolute atomic E-state index is 0.0554. The number of esters is 1. The fourth-order valence-electron chi connectivity index (χ4n) is 1.72. The van der Waals surface area contributed by atoms with Gasteiger partial charge in [0.25, 0.3) is 0 Å². The highest BCUT2D eigenvalue weighted by molar-refractivity contribution is 9.10. The Morgan fingerprint density at radius 2 is 1.78 bits per heavy atom. The van der Waals surface area contributed by atoms with Crippen molar-refractivity contribution in [1.29, 1.82) is 0 Å². The molecule has 0 atom stereocenters. The maximum absolute atomic E-state index is 11.6. The van der Waals surface area contributed by atoms with Crippen LogP contribution in [0.5, 0.6) is 0 Å². The Labute approximate surface area is 111 Å². The number of ether oxygens (including phenoxy) is 1. The molecule has 0 amide bonds. The first kappa shape index (κ1) is 12.6. The van der Waals surface area contributed by atoms with Gasteiger partial charge in [-0.15, -0.1) is 0 Å². The van der Waals surface area contributed by atoms with E-state index >= 15 is 0 Å². The third-order valence-electron chi connectivity index (χ3n) is 2.57. The van der Waals surface area contributed by atoms with E-state index in [2.05, 4.69) is 20.7 Å². The summed E-state index contributed by atoms with van der Waals surface area (Å²) in [5, 5.41) is 10.6. The molecule has 0 spiro atoms. The molecule has 0 aliphatic rings. The van der Waals surface area contributed by atoms with Gasteiger partial charge in [0.05, 0.1) is 18.2 Å². The summed E-state index contributed by atoms with van der Waals surface area (Å²) in [6.45, 7) is 0. The van der Waals surface area contributed by atoms with Crippen molar-refractivity contribution in [3.05, 3.63) is 45.9 Å². The number of halogens is 1. The van der Waals surface area contributed by atoms with Crippen LogP contribution in [0.3, 0.4) is 0 Å². The number of methoxy groups -OCH3 is 1. The van der Waals surface area contributed by atoms with E-state index in [0.717, 1.165) is 15.2 Å². The third-order valence-corrected chi connectivity index (χ3v) is 3.07. The van der Waals surface area contributed by atoms with Crippen molar-refractivity contribution in [2.24, 2.45) is 0 Å². The summed E-state index contributed by atoms with van der Waals surface area (Å²) in [6, 6.07) is 8.41. The highest BCUT2D eigenvalue weighted by Crippen LogP contribution is 2.24. The number of aromatic carboxylic acids is 1. The monoisotopic (exact) mass is 308 g/mol. The van der Waals surface area contributed by atoms with Crippen molar-refractivity contribution in [2.45, 2.75) is 0 Å². The van der Waals surface area contributed by atoms with Crippen molar-refractivity contribution in [1.82, 2.24) is 0 Å². The molecular formula is C13H9BrO4. The normalized spacial score (nSPS) is 10.3. The second-order valence-corrected chi connectivity index (χ2v) is 4.60. The summed E-state index contributed by atoms with van der Waals surface area (Å²) in [4.78, 5) is 22.7. The highest BCUT2D eigenvalue weighted by atomic mass is 79.9. The van der Waals surface area contributed by atoms with Crippen LogP contribution in [0, 0.1) is 0 Å². The molecule has 0 unspecified atom stereocenters. The summed E-state index contributed by atoms with van der Waals surface area (Å²) in [5.41, 5.74) is -0.00716. The first-order valence-corrected chi connectivity index (χ1v) is 5.87. The molecule has 92 valence electrons. The van der Waals surface area contributed by atoms with Crippen molar-refractivity contribution in [2.75, 3.05) is 7.11 Å². The van der Waals surface area contributed by atoms with Gasteiger partial charge in [-0.05, 0) is 35.0 Å². The minimum atomic E-state index is -1.16. The molecule has 1 N–H and O–H groups in total. The Bertz CT molecular complexity index is 649. The molecule has 4 nitrogen and oxygen atoms in total. The van der Waals surface area contributed by atoms with Crippen molar-refractivity contribution >= 4 is 38.6 Å². The zero-order chi connectivity index (χ0) is 13.3. The molecule has 0 radical (unpaired) electrons. The molecule has 0 aliphatic carbocycles. The second-order valence-electron chi connectivity index (χ2n) is 3.69. The lowest BCUT2D eigenvalue weighted by atomic mass is 10.0. The predicted octanol–water partition coefficient (Wildman–Crippen LogP) is 3.09. The van der Waals surface area contributed by atoms with E-state index in [4.69, 9.17) is 5.11 Å². The van der Waals surface area contributed by atoms with Crippen LogP contribution in [-0.4, -0.2) is 24.2 Å². The van der Waals surface area contributed by atoms with Gasteiger partial charge in [-0.25, -0.2) is 9.59 Å². The molecule has 2 aromatic rings. The van der Waals surface area contributed by atoms with Crippen LogP contribution in [-0.2, 0) is 4.74 Å². The van der Waals surface area contributed by atoms with Gasteiger partial charge in [-0.3, -0.25) is 0 Å². The van der Waals surface area contributed by atoms with Crippen molar-refractivity contribution < 1.29 is 19.4 Å². The number of fused-ring (bicyclic) bond motifs is 1. The lowest BCUT2D eigenvalue weighted by Crippen LogP contribution is -2.10. The largest absolute Gasteiger partial charge is 0.478 e. The molecule has 0 aromatic heterocycles. The van der Waals surface area contributed by atoms with Crippen molar-refractivity contribution in [3.63, 3.8) is 0 Å². The summed E-state index contributed by atoms with van der Waals surface area (Å²) < 4.78 is 5.43. The number of hydrogen-bond donors (Lipinski definition) is 1. The fourth-order valence-corrected chi connectivity index (χ4v) is 2.10. The zero-order valence-corrected chi connectivity index (χ0v) is 11.0. The number of carboxylic acids is 1. The fraction of sp³-hybridized carbons (Fsp3) is 0.0769. The Morgan fingerprint density at radius 3 is 2.39 bits per heavy atom. The molecule has 0 saturated carbocycles. The first-order chi connectivity index (χ1) is 8.52. The lowest BCUT2D eigenvalue weighted by molar-refractivity contribution is 0.0583. The maximum Gasteiger partial charge on any atom is 0.338 e. The van der Waals surface area contributed by atoms with Gasteiger partial charge < -0.3 is 9.84 Å². The van der Waals surface area contributed by atoms with Crippen LogP contribution in [0.4, 0.5) is 0 Å². The van der Waals surface area contributed by atoms with Gasteiger partial charge in [-0.1, -0.05) is 22.0 Å². The summed E-state index contributed by atoms with van der Waals surface area (Å²) in [6.07, 6.45) is 0. The van der Waals surface area contributed by atoms with Gasteiger partial charge in [0, 0.05) is 4.47 Å². The van der Waals surface area contributed by atoms with Gasteiger partial charge >= 0.3 is 11.9 Å². The van der Waals surface area contributed by atoms with E-state index in [9.17, 15) is 9.59 Å². The molecule has 2 rings (SSSR count).